The van der Waals surface area contributed by atoms with Crippen molar-refractivity contribution in [2.75, 3.05) is 13.1 Å². The molecule has 44 heavy (non-hydrogen) atoms. The molecule has 0 aliphatic heterocycles. The number of aliphatic carboxylic acids is 2. The van der Waals surface area contributed by atoms with E-state index in [-0.39, 0.29) is 62.9 Å². The van der Waals surface area contributed by atoms with Gasteiger partial charge in [-0.2, -0.15) is 0 Å². The normalized spacial score (nSPS) is 13.3. The van der Waals surface area contributed by atoms with E-state index in [4.69, 9.17) is 28.7 Å². The number of guanidine groups is 2. The third-order valence-corrected chi connectivity index (χ3v) is 6.15. The van der Waals surface area contributed by atoms with Gasteiger partial charge < -0.3 is 59.9 Å². The number of carbonyl (C=O) groups is 5. The van der Waals surface area contributed by atoms with E-state index in [1.165, 1.54) is 24.3 Å². The van der Waals surface area contributed by atoms with Crippen molar-refractivity contribution in [1.82, 2.24) is 16.0 Å². The van der Waals surface area contributed by atoms with Gasteiger partial charge in [0.25, 0.3) is 0 Å². The minimum absolute atomic E-state index is 0.0294. The molecule has 1 rings (SSSR count). The fraction of sp³-hybridized carbons (Fsp3) is 0.500. The van der Waals surface area contributed by atoms with Crippen LogP contribution in [0.1, 0.15) is 44.1 Å². The zero-order valence-corrected chi connectivity index (χ0v) is 24.1. The van der Waals surface area contributed by atoms with E-state index in [1.807, 2.05) is 0 Å². The van der Waals surface area contributed by atoms with Crippen LogP contribution in [0.4, 0.5) is 0 Å². The van der Waals surface area contributed by atoms with Crippen molar-refractivity contribution in [3.05, 3.63) is 29.8 Å². The van der Waals surface area contributed by atoms with Gasteiger partial charge in [0, 0.05) is 25.9 Å². The molecule has 0 fully saturated rings. The summed E-state index contributed by atoms with van der Waals surface area (Å²) >= 11 is 0. The van der Waals surface area contributed by atoms with Crippen molar-refractivity contribution < 1.29 is 39.3 Å². The first kappa shape index (κ1) is 36.9. The Morgan fingerprint density at radius 2 is 1.20 bits per heavy atom. The van der Waals surface area contributed by atoms with Crippen LogP contribution in [0.15, 0.2) is 34.3 Å². The number of carboxylic acids is 2. The van der Waals surface area contributed by atoms with Gasteiger partial charge in [0.05, 0.1) is 6.04 Å². The third kappa shape index (κ3) is 15.2. The molecule has 0 saturated carbocycles. The zero-order chi connectivity index (χ0) is 33.2. The van der Waals surface area contributed by atoms with E-state index in [1.54, 1.807) is 0 Å². The molecule has 244 valence electrons. The smallest absolute Gasteiger partial charge is 0.326 e. The SMILES string of the molecule is NC(N)=NCCCC(N)C(=O)NC(Cc1ccc(O)cc1)C(=O)NC(CCC(=O)O)C(=O)NC(CCCN=C(N)N)C(=O)O. The molecule has 0 aliphatic rings. The van der Waals surface area contributed by atoms with Crippen molar-refractivity contribution in [2.45, 2.75) is 69.1 Å². The number of hydrogen-bond acceptors (Lipinski definition) is 9. The van der Waals surface area contributed by atoms with Gasteiger partial charge in [0.15, 0.2) is 11.9 Å². The van der Waals surface area contributed by atoms with Crippen LogP contribution in [0.5, 0.6) is 5.75 Å². The number of carboxylic acid groups (broad SMARTS) is 2. The van der Waals surface area contributed by atoms with Crippen LogP contribution in [0.2, 0.25) is 0 Å². The maximum atomic E-state index is 13.4. The minimum Gasteiger partial charge on any atom is -0.508 e. The Morgan fingerprint density at radius 1 is 0.705 bits per heavy atom. The topological polar surface area (TPSA) is 337 Å². The summed E-state index contributed by atoms with van der Waals surface area (Å²) in [7, 11) is 0. The van der Waals surface area contributed by atoms with Crippen LogP contribution < -0.4 is 44.6 Å². The maximum Gasteiger partial charge on any atom is 0.326 e. The van der Waals surface area contributed by atoms with E-state index in [0.29, 0.717) is 12.0 Å². The molecule has 1 aromatic rings. The Kier molecular flexibility index (Phi) is 16.0. The number of nitrogens with two attached hydrogens (primary N) is 5. The molecule has 0 heterocycles. The Bertz CT molecular complexity index is 1180. The maximum absolute atomic E-state index is 13.4. The van der Waals surface area contributed by atoms with Gasteiger partial charge in [-0.15, -0.1) is 0 Å². The predicted octanol–water partition coefficient (Wildman–Crippen LogP) is -3.23. The summed E-state index contributed by atoms with van der Waals surface area (Å²) in [5.74, 6) is -5.44. The summed E-state index contributed by atoms with van der Waals surface area (Å²) in [5.41, 5.74) is 27.6. The van der Waals surface area contributed by atoms with Crippen LogP contribution in [-0.2, 0) is 30.4 Å². The fourth-order valence-corrected chi connectivity index (χ4v) is 3.85. The number of hydrogen-bond donors (Lipinski definition) is 11. The predicted molar refractivity (Wildman–Crippen MR) is 160 cm³/mol. The number of nitrogens with one attached hydrogen (secondary N) is 3. The van der Waals surface area contributed by atoms with Crippen molar-refractivity contribution in [3.8, 4) is 5.75 Å². The summed E-state index contributed by atoms with van der Waals surface area (Å²) in [6, 6.07) is 0.618. The first-order valence-corrected chi connectivity index (χ1v) is 13.7. The standard InChI is InChI=1S/C26H42N10O8/c27-16(3-1-11-32-25(28)29)21(40)36-19(13-14-5-7-15(37)8-6-14)23(42)34-17(9-10-20(38)39)22(41)35-18(24(43)44)4-2-12-33-26(30)31/h5-8,16-19,37H,1-4,9-13,27H2,(H,34,42)(H,35,41)(H,36,40)(H,38,39)(H,43,44)(H4,28,29,32)(H4,30,31,33). The van der Waals surface area contributed by atoms with Crippen LogP contribution in [0.25, 0.3) is 0 Å². The number of phenols is 1. The summed E-state index contributed by atoms with van der Waals surface area (Å²) in [6.07, 6.45) is -0.302. The van der Waals surface area contributed by atoms with Crippen LogP contribution in [-0.4, -0.2) is 94.2 Å². The molecule has 0 saturated heterocycles. The molecule has 1 aromatic carbocycles. The number of carbonyl (C=O) groups excluding carboxylic acids is 3. The number of rotatable bonds is 20. The molecule has 0 spiro atoms. The van der Waals surface area contributed by atoms with Gasteiger partial charge in [-0.25, -0.2) is 4.79 Å². The van der Waals surface area contributed by atoms with Gasteiger partial charge in [0.2, 0.25) is 17.7 Å². The summed E-state index contributed by atoms with van der Waals surface area (Å²) in [6.45, 7) is 0.336. The largest absolute Gasteiger partial charge is 0.508 e. The highest BCUT2D eigenvalue weighted by molar-refractivity contribution is 5.94. The lowest BCUT2D eigenvalue weighted by atomic mass is 10.0. The van der Waals surface area contributed by atoms with E-state index in [0.717, 1.165) is 0 Å². The number of benzene rings is 1. The van der Waals surface area contributed by atoms with Gasteiger partial charge in [-0.1, -0.05) is 12.1 Å². The molecule has 3 amide bonds. The zero-order valence-electron chi connectivity index (χ0n) is 24.1. The van der Waals surface area contributed by atoms with E-state index >= 15 is 0 Å². The van der Waals surface area contributed by atoms with Gasteiger partial charge in [-0.05, 0) is 49.8 Å². The molecule has 0 radical (unpaired) electrons. The van der Waals surface area contributed by atoms with Crippen molar-refractivity contribution >= 4 is 41.6 Å². The summed E-state index contributed by atoms with van der Waals surface area (Å²) < 4.78 is 0. The van der Waals surface area contributed by atoms with E-state index in [2.05, 4.69) is 25.9 Å². The fourth-order valence-electron chi connectivity index (χ4n) is 3.85. The number of aliphatic imine (C=N–C) groups is 2. The number of aromatic hydroxyl groups is 1. The molecule has 18 heteroatoms. The Hall–Kier alpha value is -5.13. The number of amides is 3. The molecule has 0 aromatic heterocycles. The molecule has 18 nitrogen and oxygen atoms in total. The number of nitrogens with zero attached hydrogens (tertiary/aromatic N) is 2. The third-order valence-electron chi connectivity index (χ3n) is 6.15. The molecule has 16 N–H and O–H groups in total. The van der Waals surface area contributed by atoms with Crippen LogP contribution >= 0.6 is 0 Å². The lowest BCUT2D eigenvalue weighted by Crippen LogP contribution is -2.57. The second-order valence-corrected chi connectivity index (χ2v) is 9.83. The average molecular weight is 623 g/mol. The lowest BCUT2D eigenvalue weighted by molar-refractivity contribution is -0.143. The molecule has 4 unspecified atom stereocenters. The summed E-state index contributed by atoms with van der Waals surface area (Å²) in [4.78, 5) is 69.9. The molecule has 0 bridgehead atoms. The Labute approximate surface area is 253 Å². The van der Waals surface area contributed by atoms with Gasteiger partial charge in [0.1, 0.15) is 23.9 Å². The highest BCUT2D eigenvalue weighted by atomic mass is 16.4. The average Bonchev–Trinajstić information content (AvgIpc) is 2.94. The van der Waals surface area contributed by atoms with Crippen LogP contribution in [0.3, 0.4) is 0 Å². The van der Waals surface area contributed by atoms with Crippen molar-refractivity contribution in [1.29, 1.82) is 0 Å². The molecular formula is C26H42N10O8. The van der Waals surface area contributed by atoms with Crippen molar-refractivity contribution in [2.24, 2.45) is 38.7 Å². The van der Waals surface area contributed by atoms with Gasteiger partial charge in [-0.3, -0.25) is 29.2 Å². The molecule has 4 atom stereocenters. The first-order valence-electron chi connectivity index (χ1n) is 13.7. The summed E-state index contributed by atoms with van der Waals surface area (Å²) in [5, 5.41) is 35.6. The highest BCUT2D eigenvalue weighted by Gasteiger charge is 2.30. The molecule has 0 aliphatic carbocycles. The van der Waals surface area contributed by atoms with Gasteiger partial charge >= 0.3 is 11.9 Å². The first-order chi connectivity index (χ1) is 20.7. The van der Waals surface area contributed by atoms with Crippen molar-refractivity contribution in [3.63, 3.8) is 0 Å². The quantitative estimate of drug-likeness (QED) is 0.0387. The lowest BCUT2D eigenvalue weighted by Gasteiger charge is -2.25. The second kappa shape index (κ2) is 19.1. The number of phenolic OH excluding ortho intramolecular Hbond substituents is 1. The Balaban J connectivity index is 3.11. The second-order valence-electron chi connectivity index (χ2n) is 9.83. The van der Waals surface area contributed by atoms with E-state index in [9.17, 15) is 39.3 Å². The monoisotopic (exact) mass is 622 g/mol. The Morgan fingerprint density at radius 3 is 1.73 bits per heavy atom. The minimum atomic E-state index is -1.47. The van der Waals surface area contributed by atoms with Crippen LogP contribution in [0, 0.1) is 0 Å². The highest BCUT2D eigenvalue weighted by Crippen LogP contribution is 2.12. The van der Waals surface area contributed by atoms with E-state index < -0.39 is 60.2 Å². The molecular weight excluding hydrogens is 580 g/mol.